The topological polar surface area (TPSA) is 18.5 Å². The molecule has 2 aliphatic rings. The molecule has 2 fully saturated rings. The highest BCUT2D eigenvalue weighted by Crippen LogP contribution is 2.34. The van der Waals surface area contributed by atoms with Crippen LogP contribution in [0.15, 0.2) is 29.8 Å². The van der Waals surface area contributed by atoms with E-state index in [-0.39, 0.29) is 11.4 Å². The zero-order valence-electron chi connectivity index (χ0n) is 18.2. The molecule has 1 N–H and O–H groups in total. The predicted molar refractivity (Wildman–Crippen MR) is 116 cm³/mol. The van der Waals surface area contributed by atoms with Gasteiger partial charge >= 0.3 is 0 Å². The van der Waals surface area contributed by atoms with Crippen LogP contribution in [0.3, 0.4) is 0 Å². The van der Waals surface area contributed by atoms with Gasteiger partial charge in [-0.1, -0.05) is 37.1 Å². The molecular formula is C24H38FN3. The van der Waals surface area contributed by atoms with Crippen LogP contribution in [0.25, 0.3) is 0 Å². The first-order chi connectivity index (χ1) is 13.5. The van der Waals surface area contributed by atoms with Crippen molar-refractivity contribution in [2.45, 2.75) is 59.0 Å². The molecule has 0 saturated carbocycles. The molecule has 156 valence electrons. The van der Waals surface area contributed by atoms with Crippen molar-refractivity contribution >= 4 is 0 Å². The Bertz CT molecular complexity index is 676. The van der Waals surface area contributed by atoms with Gasteiger partial charge in [-0.05, 0) is 51.2 Å². The van der Waals surface area contributed by atoms with E-state index in [2.05, 4.69) is 42.0 Å². The number of halogens is 1. The normalized spacial score (nSPS) is 24.5. The molecule has 2 aliphatic heterocycles. The third kappa shape index (κ3) is 5.03. The second kappa shape index (κ2) is 9.51. The van der Waals surface area contributed by atoms with E-state index in [1.165, 1.54) is 18.5 Å². The van der Waals surface area contributed by atoms with Gasteiger partial charge in [-0.2, -0.15) is 0 Å². The number of hydrogen-bond acceptors (Lipinski definition) is 3. The fraction of sp³-hybridized carbons (Fsp3) is 0.667. The first-order valence-corrected chi connectivity index (χ1v) is 11.0. The summed E-state index contributed by atoms with van der Waals surface area (Å²) in [6.45, 7) is 15.9. The van der Waals surface area contributed by atoms with Crippen LogP contribution in [0.1, 0.15) is 51.2 Å². The molecule has 2 saturated heterocycles. The van der Waals surface area contributed by atoms with Gasteiger partial charge in [0.15, 0.2) is 0 Å². The molecule has 0 radical (unpaired) electrons. The summed E-state index contributed by atoms with van der Waals surface area (Å²) in [5, 5.41) is 3.96. The van der Waals surface area contributed by atoms with Crippen LogP contribution in [0, 0.1) is 18.7 Å². The third-order valence-corrected chi connectivity index (χ3v) is 6.97. The van der Waals surface area contributed by atoms with Crippen molar-refractivity contribution in [3.8, 4) is 0 Å². The smallest absolute Gasteiger partial charge is 0.127 e. The average molecular weight is 388 g/mol. The van der Waals surface area contributed by atoms with Gasteiger partial charge in [-0.25, -0.2) is 4.39 Å². The summed E-state index contributed by atoms with van der Waals surface area (Å²) in [6.07, 6.45) is 5.77. The summed E-state index contributed by atoms with van der Waals surface area (Å²) in [7, 11) is 0. The maximum Gasteiger partial charge on any atom is 0.127 e. The number of aryl methyl sites for hydroxylation is 1. The van der Waals surface area contributed by atoms with E-state index in [9.17, 15) is 4.39 Å². The van der Waals surface area contributed by atoms with Crippen molar-refractivity contribution in [1.82, 2.24) is 15.1 Å². The third-order valence-electron chi connectivity index (χ3n) is 6.97. The average Bonchev–Trinajstić information content (AvgIpc) is 2.85. The van der Waals surface area contributed by atoms with E-state index in [4.69, 9.17) is 0 Å². The second-order valence-corrected chi connectivity index (χ2v) is 8.93. The Hall–Kier alpha value is -1.23. The predicted octanol–water partition coefficient (Wildman–Crippen LogP) is 4.37. The molecule has 2 heterocycles. The van der Waals surface area contributed by atoms with E-state index < -0.39 is 0 Å². The quantitative estimate of drug-likeness (QED) is 0.757. The Labute approximate surface area is 171 Å². The molecule has 1 aromatic rings. The van der Waals surface area contributed by atoms with Crippen LogP contribution >= 0.6 is 0 Å². The molecule has 0 bridgehead atoms. The molecule has 3 rings (SSSR count). The highest BCUT2D eigenvalue weighted by atomic mass is 19.1. The zero-order valence-corrected chi connectivity index (χ0v) is 18.2. The first kappa shape index (κ1) is 21.5. The van der Waals surface area contributed by atoms with Gasteiger partial charge in [0.1, 0.15) is 5.82 Å². The van der Waals surface area contributed by atoms with Crippen LogP contribution in [0.4, 0.5) is 4.39 Å². The number of piperidine rings is 1. The van der Waals surface area contributed by atoms with Crippen LogP contribution in [0.5, 0.6) is 0 Å². The lowest BCUT2D eigenvalue weighted by Gasteiger charge is -2.46. The van der Waals surface area contributed by atoms with Gasteiger partial charge in [-0.15, -0.1) is 0 Å². The molecule has 1 unspecified atom stereocenters. The molecule has 0 aliphatic carbocycles. The summed E-state index contributed by atoms with van der Waals surface area (Å²) >= 11 is 0. The number of allylic oxidation sites excluding steroid dienone is 1. The van der Waals surface area contributed by atoms with Gasteiger partial charge in [-0.3, -0.25) is 9.80 Å². The van der Waals surface area contributed by atoms with E-state index in [0.717, 1.165) is 63.2 Å². The Morgan fingerprint density at radius 1 is 1.25 bits per heavy atom. The Morgan fingerprint density at radius 3 is 2.64 bits per heavy atom. The lowest BCUT2D eigenvalue weighted by Crippen LogP contribution is -2.57. The summed E-state index contributed by atoms with van der Waals surface area (Å²) in [4.78, 5) is 5.05. The summed E-state index contributed by atoms with van der Waals surface area (Å²) in [6, 6.07) is 5.63. The SMILES string of the molecule is C/C=C(/C)CN1CCNC2(CCN(Cc3ccc(C)cc3F)CC2)C(CC)C1. The number of likely N-dealkylation sites (tertiary alicyclic amines) is 1. The molecular weight excluding hydrogens is 349 g/mol. The molecule has 1 atom stereocenters. The summed E-state index contributed by atoms with van der Waals surface area (Å²) in [5.74, 6) is 0.618. The lowest BCUT2D eigenvalue weighted by molar-refractivity contribution is 0.0805. The van der Waals surface area contributed by atoms with Crippen molar-refractivity contribution < 1.29 is 4.39 Å². The maximum absolute atomic E-state index is 14.3. The molecule has 1 spiro atoms. The fourth-order valence-electron chi connectivity index (χ4n) is 5.01. The molecule has 4 heteroatoms. The van der Waals surface area contributed by atoms with Crippen molar-refractivity contribution in [1.29, 1.82) is 0 Å². The number of benzene rings is 1. The Kier molecular flexibility index (Phi) is 7.30. The number of hydrogen-bond donors (Lipinski definition) is 1. The van der Waals surface area contributed by atoms with E-state index >= 15 is 0 Å². The van der Waals surface area contributed by atoms with Crippen LogP contribution in [-0.4, -0.2) is 54.6 Å². The number of nitrogens with zero attached hydrogens (tertiary/aromatic N) is 2. The lowest BCUT2D eigenvalue weighted by atomic mass is 9.74. The minimum absolute atomic E-state index is 0.0608. The zero-order chi connectivity index (χ0) is 20.1. The van der Waals surface area contributed by atoms with Crippen LogP contribution in [-0.2, 0) is 6.54 Å². The van der Waals surface area contributed by atoms with Gasteiger partial charge in [0, 0.05) is 56.9 Å². The highest BCUT2D eigenvalue weighted by Gasteiger charge is 2.42. The van der Waals surface area contributed by atoms with E-state index in [1.807, 2.05) is 19.1 Å². The summed E-state index contributed by atoms with van der Waals surface area (Å²) in [5.41, 5.74) is 3.52. The maximum atomic E-state index is 14.3. The Morgan fingerprint density at radius 2 is 2.00 bits per heavy atom. The Balaban J connectivity index is 1.62. The number of nitrogens with one attached hydrogen (secondary N) is 1. The second-order valence-electron chi connectivity index (χ2n) is 8.93. The van der Waals surface area contributed by atoms with Crippen LogP contribution < -0.4 is 5.32 Å². The minimum Gasteiger partial charge on any atom is -0.310 e. The largest absolute Gasteiger partial charge is 0.310 e. The van der Waals surface area contributed by atoms with E-state index in [1.54, 1.807) is 6.07 Å². The monoisotopic (exact) mass is 387 g/mol. The van der Waals surface area contributed by atoms with E-state index in [0.29, 0.717) is 5.92 Å². The fourth-order valence-corrected chi connectivity index (χ4v) is 5.01. The summed E-state index contributed by atoms with van der Waals surface area (Å²) < 4.78 is 14.3. The molecule has 0 aromatic heterocycles. The first-order valence-electron chi connectivity index (χ1n) is 11.0. The van der Waals surface area contributed by atoms with Crippen molar-refractivity contribution in [2.24, 2.45) is 5.92 Å². The standard InChI is InChI=1S/C24H38FN3/c1-5-19(3)16-28-14-11-26-24(22(6-2)18-28)9-12-27(13-10-24)17-21-8-7-20(4)15-23(21)25/h5,7-8,15,22,26H,6,9-14,16-18H2,1-4H3/b19-5-. The molecule has 0 amide bonds. The van der Waals surface area contributed by atoms with Crippen LogP contribution in [0.2, 0.25) is 0 Å². The molecule has 3 nitrogen and oxygen atoms in total. The highest BCUT2D eigenvalue weighted by molar-refractivity contribution is 5.23. The van der Waals surface area contributed by atoms with Gasteiger partial charge in [0.25, 0.3) is 0 Å². The number of rotatable bonds is 5. The minimum atomic E-state index is -0.0608. The molecule has 1 aromatic carbocycles. The van der Waals surface area contributed by atoms with Gasteiger partial charge in [0.05, 0.1) is 0 Å². The molecule has 28 heavy (non-hydrogen) atoms. The van der Waals surface area contributed by atoms with Crippen molar-refractivity contribution in [3.63, 3.8) is 0 Å². The van der Waals surface area contributed by atoms with Gasteiger partial charge in [0.2, 0.25) is 0 Å². The van der Waals surface area contributed by atoms with Gasteiger partial charge < -0.3 is 5.32 Å². The van der Waals surface area contributed by atoms with Crippen molar-refractivity contribution in [3.05, 3.63) is 46.8 Å². The van der Waals surface area contributed by atoms with Crippen molar-refractivity contribution in [2.75, 3.05) is 39.3 Å².